The minimum absolute atomic E-state index is 0.0111. The molecule has 1 aliphatic carbocycles. The van der Waals surface area contributed by atoms with Gasteiger partial charge in [0.15, 0.2) is 5.78 Å². The molecule has 4 atom stereocenters. The number of likely N-dealkylation sites (N-methyl/N-ethyl adjacent to an activating group) is 1. The number of nitrogens with zero attached hydrogens (tertiary/aromatic N) is 2. The molecule has 1 N–H and O–H groups in total. The summed E-state index contributed by atoms with van der Waals surface area (Å²) in [5, 5.41) is 12.9. The van der Waals surface area contributed by atoms with Crippen molar-refractivity contribution in [1.82, 2.24) is 5.32 Å². The van der Waals surface area contributed by atoms with Crippen LogP contribution in [0.3, 0.4) is 0 Å². The third kappa shape index (κ3) is 3.93. The highest BCUT2D eigenvalue weighted by Gasteiger charge is 2.42. The van der Waals surface area contributed by atoms with Gasteiger partial charge in [0.25, 0.3) is 0 Å². The summed E-state index contributed by atoms with van der Waals surface area (Å²) in [5.41, 5.74) is 2.22. The zero-order valence-corrected chi connectivity index (χ0v) is 18.4. The van der Waals surface area contributed by atoms with Crippen LogP contribution in [0.4, 0.5) is 14.5 Å². The number of fused-ring (bicyclic) bond motifs is 3. The van der Waals surface area contributed by atoms with Crippen LogP contribution in [-0.4, -0.2) is 30.8 Å². The quantitative estimate of drug-likeness (QED) is 0.725. The summed E-state index contributed by atoms with van der Waals surface area (Å²) in [6.45, 7) is 0. The molecule has 2 fully saturated rings. The van der Waals surface area contributed by atoms with Crippen molar-refractivity contribution in [2.45, 2.75) is 50.6 Å². The molecule has 1 saturated carbocycles. The van der Waals surface area contributed by atoms with E-state index in [1.54, 1.807) is 25.2 Å². The van der Waals surface area contributed by atoms with E-state index in [0.29, 0.717) is 29.6 Å². The molecular formula is C26H25F2N3O2. The molecule has 2 bridgehead atoms. The lowest BCUT2D eigenvalue weighted by molar-refractivity contribution is -0.122. The van der Waals surface area contributed by atoms with Crippen LogP contribution in [0.2, 0.25) is 0 Å². The average molecular weight is 450 g/mol. The van der Waals surface area contributed by atoms with Crippen molar-refractivity contribution in [3.05, 3.63) is 53.1 Å². The van der Waals surface area contributed by atoms with Crippen LogP contribution in [0, 0.1) is 34.8 Å². The summed E-state index contributed by atoms with van der Waals surface area (Å²) in [7, 11) is 1.66. The molecule has 0 aromatic heterocycles. The van der Waals surface area contributed by atoms with Gasteiger partial charge in [0.05, 0.1) is 24.4 Å². The standard InChI is InChI=1S/C26H25F2N3O2/c1-31-23-10-15(2-3-16(23)11-25(31)33)20-12-21(27)18(9-22(20)28)6-14(13-29)7-24(32)26-17-4-5-19(8-17)30-26/h2-3,9-10,12,14,17,19,26,30H,4-8,11H2,1H3/t14-,17+,19-,26+/m1/s1. The maximum Gasteiger partial charge on any atom is 0.231 e. The number of Topliss-reactive ketones (excluding diaryl/α,β-unsaturated/α-hetero) is 1. The van der Waals surface area contributed by atoms with Crippen molar-refractivity contribution in [2.75, 3.05) is 11.9 Å². The van der Waals surface area contributed by atoms with Crippen molar-refractivity contribution in [3.63, 3.8) is 0 Å². The molecule has 0 unspecified atom stereocenters. The predicted molar refractivity (Wildman–Crippen MR) is 119 cm³/mol. The van der Waals surface area contributed by atoms with E-state index in [2.05, 4.69) is 11.4 Å². The fourth-order valence-corrected chi connectivity index (χ4v) is 5.59. The molecule has 2 aromatic rings. The molecule has 0 spiro atoms. The fraction of sp³-hybridized carbons (Fsp3) is 0.423. The zero-order valence-electron chi connectivity index (χ0n) is 18.4. The van der Waals surface area contributed by atoms with E-state index in [-0.39, 0.29) is 41.7 Å². The Morgan fingerprint density at radius 3 is 2.76 bits per heavy atom. The number of anilines is 1. The van der Waals surface area contributed by atoms with Crippen LogP contribution in [0.1, 0.15) is 36.8 Å². The third-order valence-corrected chi connectivity index (χ3v) is 7.41. The normalized spacial score (nSPS) is 24.1. The van der Waals surface area contributed by atoms with Gasteiger partial charge in [-0.2, -0.15) is 5.26 Å². The highest BCUT2D eigenvalue weighted by Crippen LogP contribution is 2.37. The molecule has 33 heavy (non-hydrogen) atoms. The van der Waals surface area contributed by atoms with Crippen LogP contribution in [0.5, 0.6) is 0 Å². The Bertz CT molecular complexity index is 1190. The number of benzene rings is 2. The molecule has 2 aromatic carbocycles. The first-order valence-electron chi connectivity index (χ1n) is 11.4. The van der Waals surface area contributed by atoms with Crippen molar-refractivity contribution < 1.29 is 18.4 Å². The maximum atomic E-state index is 15.0. The number of rotatable bonds is 6. The second-order valence-electron chi connectivity index (χ2n) is 9.51. The Morgan fingerprint density at radius 2 is 2.06 bits per heavy atom. The van der Waals surface area contributed by atoms with Gasteiger partial charge in [0.1, 0.15) is 11.6 Å². The first-order chi connectivity index (χ1) is 15.8. The Morgan fingerprint density at radius 1 is 1.24 bits per heavy atom. The van der Waals surface area contributed by atoms with Crippen molar-refractivity contribution in [3.8, 4) is 17.2 Å². The van der Waals surface area contributed by atoms with Gasteiger partial charge in [-0.05, 0) is 66.5 Å². The summed E-state index contributed by atoms with van der Waals surface area (Å²) < 4.78 is 29.9. The van der Waals surface area contributed by atoms with Crippen LogP contribution in [0.15, 0.2) is 30.3 Å². The Kier molecular flexibility index (Phi) is 5.49. The number of piperidine rings is 1. The minimum Gasteiger partial charge on any atom is -0.315 e. The van der Waals surface area contributed by atoms with E-state index in [1.807, 2.05) is 0 Å². The molecule has 2 heterocycles. The van der Waals surface area contributed by atoms with Crippen LogP contribution in [0.25, 0.3) is 11.1 Å². The number of nitriles is 1. The highest BCUT2D eigenvalue weighted by atomic mass is 19.1. The summed E-state index contributed by atoms with van der Waals surface area (Å²) in [4.78, 5) is 26.1. The van der Waals surface area contributed by atoms with Crippen molar-refractivity contribution >= 4 is 17.4 Å². The van der Waals surface area contributed by atoms with E-state index >= 15 is 0 Å². The lowest BCUT2D eigenvalue weighted by Gasteiger charge is -2.22. The largest absolute Gasteiger partial charge is 0.315 e. The molecule has 5 nitrogen and oxygen atoms in total. The predicted octanol–water partition coefficient (Wildman–Crippen LogP) is 3.93. The van der Waals surface area contributed by atoms with E-state index in [9.17, 15) is 23.6 Å². The number of nitrogens with one attached hydrogen (secondary N) is 1. The molecule has 170 valence electrons. The van der Waals surface area contributed by atoms with Gasteiger partial charge in [0.2, 0.25) is 5.91 Å². The average Bonchev–Trinajstić information content (AvgIpc) is 3.51. The first-order valence-corrected chi connectivity index (χ1v) is 11.4. The summed E-state index contributed by atoms with van der Waals surface area (Å²) >= 11 is 0. The summed E-state index contributed by atoms with van der Waals surface area (Å²) in [6.07, 6.45) is 3.43. The van der Waals surface area contributed by atoms with Gasteiger partial charge in [-0.15, -0.1) is 0 Å². The van der Waals surface area contributed by atoms with E-state index in [0.717, 1.165) is 37.0 Å². The summed E-state index contributed by atoms with van der Waals surface area (Å²) in [6, 6.07) is 9.67. The van der Waals surface area contributed by atoms with E-state index < -0.39 is 17.6 Å². The number of carbonyl (C=O) groups is 2. The van der Waals surface area contributed by atoms with Gasteiger partial charge >= 0.3 is 0 Å². The minimum atomic E-state index is -0.710. The van der Waals surface area contributed by atoms with Crippen LogP contribution in [-0.2, 0) is 22.4 Å². The molecule has 2 aliphatic heterocycles. The maximum absolute atomic E-state index is 15.0. The number of ketones is 1. The third-order valence-electron chi connectivity index (χ3n) is 7.41. The topological polar surface area (TPSA) is 73.2 Å². The zero-order chi connectivity index (χ0) is 23.3. The first kappa shape index (κ1) is 21.7. The Balaban J connectivity index is 1.33. The van der Waals surface area contributed by atoms with Crippen LogP contribution >= 0.6 is 0 Å². The molecular weight excluding hydrogens is 424 g/mol. The number of amides is 1. The SMILES string of the molecule is CN1C(=O)Cc2ccc(-c3cc(F)c(C[C@@H](C#N)CC(=O)[C@H]4N[C@@H]5CC[C@H]4C5)cc3F)cc21. The van der Waals surface area contributed by atoms with Gasteiger partial charge < -0.3 is 10.2 Å². The monoisotopic (exact) mass is 449 g/mol. The molecule has 5 rings (SSSR count). The molecule has 1 saturated heterocycles. The van der Waals surface area contributed by atoms with Crippen molar-refractivity contribution in [1.29, 1.82) is 5.26 Å². The smallest absolute Gasteiger partial charge is 0.231 e. The van der Waals surface area contributed by atoms with Crippen molar-refractivity contribution in [2.24, 2.45) is 11.8 Å². The second-order valence-corrected chi connectivity index (χ2v) is 9.51. The van der Waals surface area contributed by atoms with Crippen LogP contribution < -0.4 is 10.2 Å². The summed E-state index contributed by atoms with van der Waals surface area (Å²) in [5.74, 6) is -1.64. The Hall–Kier alpha value is -3.11. The molecule has 0 radical (unpaired) electrons. The number of carbonyl (C=O) groups excluding carboxylic acids is 2. The van der Waals surface area contributed by atoms with Gasteiger partial charge in [-0.1, -0.05) is 12.1 Å². The van der Waals surface area contributed by atoms with Gasteiger partial charge in [0, 0.05) is 30.8 Å². The molecule has 7 heteroatoms. The molecule has 1 amide bonds. The number of hydrogen-bond donors (Lipinski definition) is 1. The fourth-order valence-electron chi connectivity index (χ4n) is 5.59. The highest BCUT2D eigenvalue weighted by molar-refractivity contribution is 6.01. The number of hydrogen-bond acceptors (Lipinski definition) is 4. The molecule has 3 aliphatic rings. The second kappa shape index (κ2) is 8.35. The van der Waals surface area contributed by atoms with Gasteiger partial charge in [-0.25, -0.2) is 8.78 Å². The lowest BCUT2D eigenvalue weighted by atomic mass is 9.88. The number of halogens is 2. The Labute approximate surface area is 191 Å². The van der Waals surface area contributed by atoms with E-state index in [4.69, 9.17) is 0 Å². The van der Waals surface area contributed by atoms with Gasteiger partial charge in [-0.3, -0.25) is 9.59 Å². The lowest BCUT2D eigenvalue weighted by Crippen LogP contribution is -2.42. The van der Waals surface area contributed by atoms with E-state index in [1.165, 1.54) is 4.90 Å².